The predicted molar refractivity (Wildman–Crippen MR) is 76.7 cm³/mol. The molecule has 2 rings (SSSR count). The van der Waals surface area contributed by atoms with Crippen molar-refractivity contribution in [3.8, 4) is 5.75 Å². The summed E-state index contributed by atoms with van der Waals surface area (Å²) in [7, 11) is 1.54. The van der Waals surface area contributed by atoms with E-state index in [9.17, 15) is 14.3 Å². The fraction of sp³-hybridized carbons (Fsp3) is 0.188. The third-order valence-corrected chi connectivity index (χ3v) is 3.07. The van der Waals surface area contributed by atoms with Gasteiger partial charge in [0.15, 0.2) is 0 Å². The summed E-state index contributed by atoms with van der Waals surface area (Å²) in [6.07, 6.45) is -1.09. The molecule has 0 saturated heterocycles. The van der Waals surface area contributed by atoms with Gasteiger partial charge in [-0.05, 0) is 30.3 Å². The lowest BCUT2D eigenvalue weighted by molar-refractivity contribution is 0.0914. The fourth-order valence-electron chi connectivity index (χ4n) is 1.89. The number of ether oxygens (including phenoxy) is 1. The number of amides is 1. The minimum atomic E-state index is -1.09. The molecule has 4 nitrogen and oxygen atoms in total. The molecule has 110 valence electrons. The smallest absolute Gasteiger partial charge is 0.251 e. The average Bonchev–Trinajstić information content (AvgIpc) is 2.52. The van der Waals surface area contributed by atoms with Crippen molar-refractivity contribution in [3.63, 3.8) is 0 Å². The standard InChI is InChI=1S/C16H16FNO3/c1-21-12-8-6-11(7-9-12)16(20)18-10-15(19)13-4-2-3-5-14(13)17/h2-9,15,19H,10H2,1H3,(H,18,20). The molecule has 21 heavy (non-hydrogen) atoms. The van der Waals surface area contributed by atoms with Crippen LogP contribution in [-0.2, 0) is 0 Å². The van der Waals surface area contributed by atoms with Gasteiger partial charge in [0.1, 0.15) is 11.6 Å². The summed E-state index contributed by atoms with van der Waals surface area (Å²) in [6.45, 7) is -0.0637. The molecule has 0 aliphatic carbocycles. The highest BCUT2D eigenvalue weighted by Gasteiger charge is 2.14. The van der Waals surface area contributed by atoms with Gasteiger partial charge in [-0.3, -0.25) is 4.79 Å². The summed E-state index contributed by atoms with van der Waals surface area (Å²) < 4.78 is 18.5. The SMILES string of the molecule is COc1ccc(C(=O)NCC(O)c2ccccc2F)cc1. The van der Waals surface area contributed by atoms with E-state index in [0.717, 1.165) is 0 Å². The lowest BCUT2D eigenvalue weighted by Gasteiger charge is -2.13. The lowest BCUT2D eigenvalue weighted by atomic mass is 10.1. The number of carbonyl (C=O) groups is 1. The van der Waals surface area contributed by atoms with Crippen LogP contribution in [-0.4, -0.2) is 24.7 Å². The second-order valence-corrected chi connectivity index (χ2v) is 4.48. The Morgan fingerprint density at radius 2 is 1.90 bits per heavy atom. The number of aliphatic hydroxyl groups excluding tert-OH is 1. The second-order valence-electron chi connectivity index (χ2n) is 4.48. The van der Waals surface area contributed by atoms with Crippen LogP contribution in [0.1, 0.15) is 22.0 Å². The molecule has 1 unspecified atom stereocenters. The number of nitrogens with one attached hydrogen (secondary N) is 1. The number of carbonyl (C=O) groups excluding carboxylic acids is 1. The Morgan fingerprint density at radius 1 is 1.24 bits per heavy atom. The van der Waals surface area contributed by atoms with E-state index in [1.54, 1.807) is 43.5 Å². The van der Waals surface area contributed by atoms with E-state index in [4.69, 9.17) is 4.74 Å². The molecule has 0 bridgehead atoms. The van der Waals surface area contributed by atoms with Gasteiger partial charge >= 0.3 is 0 Å². The zero-order chi connectivity index (χ0) is 15.2. The maximum Gasteiger partial charge on any atom is 0.251 e. The molecule has 5 heteroatoms. The fourth-order valence-corrected chi connectivity index (χ4v) is 1.89. The van der Waals surface area contributed by atoms with Gasteiger partial charge in [0.25, 0.3) is 5.91 Å². The Morgan fingerprint density at radius 3 is 2.52 bits per heavy atom. The first kappa shape index (κ1) is 15.0. The molecule has 0 saturated carbocycles. The van der Waals surface area contributed by atoms with Gasteiger partial charge in [-0.25, -0.2) is 4.39 Å². The largest absolute Gasteiger partial charge is 0.497 e. The Bertz CT molecular complexity index is 613. The van der Waals surface area contributed by atoms with Gasteiger partial charge < -0.3 is 15.2 Å². The highest BCUT2D eigenvalue weighted by atomic mass is 19.1. The molecule has 0 fully saturated rings. The maximum atomic E-state index is 13.5. The van der Waals surface area contributed by atoms with Crippen LogP contribution in [0.15, 0.2) is 48.5 Å². The molecule has 2 aromatic carbocycles. The topological polar surface area (TPSA) is 58.6 Å². The zero-order valence-electron chi connectivity index (χ0n) is 11.5. The molecular weight excluding hydrogens is 273 g/mol. The molecule has 2 aromatic rings. The first-order valence-electron chi connectivity index (χ1n) is 6.46. The first-order chi connectivity index (χ1) is 10.1. The predicted octanol–water partition coefficient (Wildman–Crippen LogP) is 2.30. The highest BCUT2D eigenvalue weighted by molar-refractivity contribution is 5.94. The van der Waals surface area contributed by atoms with Crippen LogP contribution in [0.2, 0.25) is 0 Å². The van der Waals surface area contributed by atoms with Gasteiger partial charge in [-0.15, -0.1) is 0 Å². The van der Waals surface area contributed by atoms with Gasteiger partial charge in [0.05, 0.1) is 13.2 Å². The first-order valence-corrected chi connectivity index (χ1v) is 6.46. The van der Waals surface area contributed by atoms with Gasteiger partial charge in [-0.1, -0.05) is 18.2 Å². The van der Waals surface area contributed by atoms with Crippen LogP contribution >= 0.6 is 0 Å². The summed E-state index contributed by atoms with van der Waals surface area (Å²) >= 11 is 0. The van der Waals surface area contributed by atoms with Crippen molar-refractivity contribution in [1.82, 2.24) is 5.32 Å². The highest BCUT2D eigenvalue weighted by Crippen LogP contribution is 2.16. The van der Waals surface area contributed by atoms with Crippen molar-refractivity contribution in [2.75, 3.05) is 13.7 Å². The summed E-state index contributed by atoms with van der Waals surface area (Å²) in [4.78, 5) is 11.9. The van der Waals surface area contributed by atoms with Crippen molar-refractivity contribution in [2.45, 2.75) is 6.10 Å². The van der Waals surface area contributed by atoms with Crippen LogP contribution in [0, 0.1) is 5.82 Å². The minimum absolute atomic E-state index is 0.0637. The van der Waals surface area contributed by atoms with E-state index in [1.165, 1.54) is 12.1 Å². The molecule has 0 spiro atoms. The number of hydrogen-bond donors (Lipinski definition) is 2. The minimum Gasteiger partial charge on any atom is -0.497 e. The Hall–Kier alpha value is -2.40. The summed E-state index contributed by atoms with van der Waals surface area (Å²) in [5, 5.41) is 12.5. The molecule has 2 N–H and O–H groups in total. The van der Waals surface area contributed by atoms with Crippen LogP contribution in [0.5, 0.6) is 5.75 Å². The van der Waals surface area contributed by atoms with Crippen LogP contribution in [0.25, 0.3) is 0 Å². The van der Waals surface area contributed by atoms with Crippen molar-refractivity contribution >= 4 is 5.91 Å². The zero-order valence-corrected chi connectivity index (χ0v) is 11.5. The second kappa shape index (κ2) is 6.85. The van der Waals surface area contributed by atoms with Crippen LogP contribution in [0.3, 0.4) is 0 Å². The Labute approximate surface area is 122 Å². The third-order valence-electron chi connectivity index (χ3n) is 3.07. The number of halogens is 1. The van der Waals surface area contributed by atoms with E-state index in [1.807, 2.05) is 0 Å². The summed E-state index contributed by atoms with van der Waals surface area (Å²) in [6, 6.07) is 12.5. The van der Waals surface area contributed by atoms with Gasteiger partial charge in [0, 0.05) is 17.7 Å². The van der Waals surface area contributed by atoms with Crippen LogP contribution in [0.4, 0.5) is 4.39 Å². The summed E-state index contributed by atoms with van der Waals surface area (Å²) in [5.41, 5.74) is 0.601. The molecule has 0 heterocycles. The molecule has 1 amide bonds. The number of benzene rings is 2. The molecular formula is C16H16FNO3. The van der Waals surface area contributed by atoms with Crippen molar-refractivity contribution in [3.05, 3.63) is 65.5 Å². The molecule has 1 atom stereocenters. The summed E-state index contributed by atoms with van der Waals surface area (Å²) in [5.74, 6) is -0.185. The number of hydrogen-bond acceptors (Lipinski definition) is 3. The molecule has 0 aliphatic heterocycles. The molecule has 0 radical (unpaired) electrons. The van der Waals surface area contributed by atoms with E-state index < -0.39 is 11.9 Å². The van der Waals surface area contributed by atoms with Crippen molar-refractivity contribution in [1.29, 1.82) is 0 Å². The van der Waals surface area contributed by atoms with E-state index in [0.29, 0.717) is 11.3 Å². The molecule has 0 aliphatic rings. The Kier molecular flexibility index (Phi) is 4.90. The van der Waals surface area contributed by atoms with Crippen LogP contribution < -0.4 is 10.1 Å². The van der Waals surface area contributed by atoms with E-state index in [-0.39, 0.29) is 18.0 Å². The maximum absolute atomic E-state index is 13.5. The van der Waals surface area contributed by atoms with E-state index >= 15 is 0 Å². The van der Waals surface area contributed by atoms with Gasteiger partial charge in [-0.2, -0.15) is 0 Å². The van der Waals surface area contributed by atoms with Gasteiger partial charge in [0.2, 0.25) is 0 Å². The van der Waals surface area contributed by atoms with Crippen molar-refractivity contribution in [2.24, 2.45) is 0 Å². The third kappa shape index (κ3) is 3.79. The van der Waals surface area contributed by atoms with E-state index in [2.05, 4.69) is 5.32 Å². The Balaban J connectivity index is 1.95. The normalized spacial score (nSPS) is 11.8. The number of rotatable bonds is 5. The van der Waals surface area contributed by atoms with Crippen molar-refractivity contribution < 1.29 is 19.0 Å². The average molecular weight is 289 g/mol. The number of aliphatic hydroxyl groups is 1. The molecule has 0 aromatic heterocycles. The number of methoxy groups -OCH3 is 1. The monoisotopic (exact) mass is 289 g/mol. The lowest BCUT2D eigenvalue weighted by Crippen LogP contribution is -2.28. The quantitative estimate of drug-likeness (QED) is 0.888.